The molecular weight excluding hydrogens is 333 g/mol. The van der Waals surface area contributed by atoms with Crippen molar-refractivity contribution in [2.45, 2.75) is 18.8 Å². The van der Waals surface area contributed by atoms with Crippen LogP contribution in [0, 0.1) is 5.82 Å². The van der Waals surface area contributed by atoms with Crippen LogP contribution in [0.15, 0.2) is 41.8 Å². The zero-order valence-electron chi connectivity index (χ0n) is 12.9. The van der Waals surface area contributed by atoms with Gasteiger partial charge >= 0.3 is 5.97 Å². The summed E-state index contributed by atoms with van der Waals surface area (Å²) in [7, 11) is 0. The number of rotatable bonds is 9. The average molecular weight is 351 g/mol. The van der Waals surface area contributed by atoms with Crippen molar-refractivity contribution in [3.8, 4) is 5.75 Å². The van der Waals surface area contributed by atoms with E-state index in [-0.39, 0.29) is 37.1 Å². The normalized spacial score (nSPS) is 11.7. The second-order valence-electron chi connectivity index (χ2n) is 5.17. The molecule has 2 rings (SSSR count). The number of halogens is 1. The second-order valence-corrected chi connectivity index (χ2v) is 6.15. The van der Waals surface area contributed by atoms with Gasteiger partial charge in [-0.1, -0.05) is 6.07 Å². The minimum absolute atomic E-state index is 0.0833. The van der Waals surface area contributed by atoms with Crippen LogP contribution in [-0.4, -0.2) is 30.1 Å². The number of carbonyl (C=O) groups excluding carboxylic acids is 1. The summed E-state index contributed by atoms with van der Waals surface area (Å²) in [6.45, 7) is 0.542. The molecule has 1 amide bonds. The van der Waals surface area contributed by atoms with Crippen LogP contribution in [0.3, 0.4) is 0 Å². The van der Waals surface area contributed by atoms with Crippen LogP contribution in [0.25, 0.3) is 0 Å². The second kappa shape index (κ2) is 9.02. The molecule has 7 heteroatoms. The van der Waals surface area contributed by atoms with Crippen LogP contribution in [0.1, 0.15) is 23.6 Å². The van der Waals surface area contributed by atoms with Crippen molar-refractivity contribution in [1.82, 2.24) is 5.32 Å². The van der Waals surface area contributed by atoms with Gasteiger partial charge in [-0.2, -0.15) is 0 Å². The molecule has 1 atom stereocenters. The third-order valence-electron chi connectivity index (χ3n) is 3.30. The third-order valence-corrected chi connectivity index (χ3v) is 4.34. The van der Waals surface area contributed by atoms with Crippen molar-refractivity contribution in [2.24, 2.45) is 0 Å². The van der Waals surface area contributed by atoms with Crippen LogP contribution < -0.4 is 10.1 Å². The van der Waals surface area contributed by atoms with Gasteiger partial charge in [0, 0.05) is 17.2 Å². The monoisotopic (exact) mass is 351 g/mol. The summed E-state index contributed by atoms with van der Waals surface area (Å²) in [5.41, 5.74) is 0. The Morgan fingerprint density at radius 1 is 1.21 bits per heavy atom. The standard InChI is InChI=1S/C17H18FNO4S/c18-13-3-5-14(6-4-13)23-8-7-19-16(20)10-12(11-17(21)22)15-2-1-9-24-15/h1-6,9,12H,7-8,10-11H2,(H,19,20)(H,21,22)/t12-/m0/s1. The number of carboxylic acid groups (broad SMARTS) is 1. The molecule has 0 saturated carbocycles. The quantitative estimate of drug-likeness (QED) is 0.681. The van der Waals surface area contributed by atoms with E-state index in [9.17, 15) is 14.0 Å². The van der Waals surface area contributed by atoms with Crippen molar-refractivity contribution in [3.05, 3.63) is 52.5 Å². The Kier molecular flexibility index (Phi) is 6.74. The highest BCUT2D eigenvalue weighted by molar-refractivity contribution is 7.10. The molecular formula is C17H18FNO4S. The third kappa shape index (κ3) is 6.00. The first-order valence-corrected chi connectivity index (χ1v) is 8.33. The van der Waals surface area contributed by atoms with Crippen molar-refractivity contribution >= 4 is 23.2 Å². The Labute approximate surface area is 143 Å². The maximum atomic E-state index is 12.8. The summed E-state index contributed by atoms with van der Waals surface area (Å²) in [5, 5.41) is 13.5. The minimum Gasteiger partial charge on any atom is -0.492 e. The Balaban J connectivity index is 1.74. The topological polar surface area (TPSA) is 75.6 Å². The molecule has 1 aromatic heterocycles. The molecule has 128 valence electrons. The lowest BCUT2D eigenvalue weighted by Gasteiger charge is -2.13. The van der Waals surface area contributed by atoms with E-state index in [1.54, 1.807) is 0 Å². The van der Waals surface area contributed by atoms with Crippen molar-refractivity contribution in [1.29, 1.82) is 0 Å². The molecule has 0 saturated heterocycles. The van der Waals surface area contributed by atoms with Crippen molar-refractivity contribution in [3.63, 3.8) is 0 Å². The van der Waals surface area contributed by atoms with E-state index in [1.807, 2.05) is 17.5 Å². The molecule has 0 aliphatic rings. The fourth-order valence-corrected chi connectivity index (χ4v) is 3.02. The van der Waals surface area contributed by atoms with Gasteiger partial charge in [0.05, 0.1) is 13.0 Å². The molecule has 0 fully saturated rings. The molecule has 24 heavy (non-hydrogen) atoms. The highest BCUT2D eigenvalue weighted by Gasteiger charge is 2.20. The van der Waals surface area contributed by atoms with E-state index in [4.69, 9.17) is 9.84 Å². The van der Waals surface area contributed by atoms with Crippen LogP contribution in [0.5, 0.6) is 5.75 Å². The minimum atomic E-state index is -0.930. The SMILES string of the molecule is O=C(O)C[C@H](CC(=O)NCCOc1ccc(F)cc1)c1cccs1. The lowest BCUT2D eigenvalue weighted by molar-refractivity contribution is -0.137. The number of carboxylic acids is 1. The first kappa shape index (κ1) is 17.9. The van der Waals surface area contributed by atoms with Crippen molar-refractivity contribution in [2.75, 3.05) is 13.2 Å². The van der Waals surface area contributed by atoms with Gasteiger partial charge in [0.1, 0.15) is 18.2 Å². The summed E-state index contributed by atoms with van der Waals surface area (Å²) in [5.74, 6) is -1.31. The number of carbonyl (C=O) groups is 2. The average Bonchev–Trinajstić information content (AvgIpc) is 3.06. The predicted octanol–water partition coefficient (Wildman–Crippen LogP) is 3.03. The molecule has 2 aromatic rings. The van der Waals surface area contributed by atoms with Gasteiger partial charge in [-0.05, 0) is 35.7 Å². The zero-order chi connectivity index (χ0) is 17.4. The van der Waals surface area contributed by atoms with Crippen LogP contribution >= 0.6 is 11.3 Å². The summed E-state index contributed by atoms with van der Waals surface area (Å²) < 4.78 is 18.1. The summed E-state index contributed by atoms with van der Waals surface area (Å²) >= 11 is 1.44. The van der Waals surface area contributed by atoms with Gasteiger partial charge in [-0.3, -0.25) is 9.59 Å². The molecule has 0 radical (unpaired) electrons. The largest absolute Gasteiger partial charge is 0.492 e. The molecule has 0 aliphatic carbocycles. The Hall–Kier alpha value is -2.41. The number of ether oxygens (including phenoxy) is 1. The van der Waals surface area contributed by atoms with Gasteiger partial charge in [0.15, 0.2) is 0 Å². The van der Waals surface area contributed by atoms with Crippen LogP contribution in [-0.2, 0) is 9.59 Å². The Morgan fingerprint density at radius 2 is 1.96 bits per heavy atom. The van der Waals surface area contributed by atoms with E-state index in [1.165, 1.54) is 35.6 Å². The molecule has 5 nitrogen and oxygen atoms in total. The molecule has 0 aliphatic heterocycles. The maximum absolute atomic E-state index is 12.8. The number of thiophene rings is 1. The van der Waals surface area contributed by atoms with Gasteiger partial charge in [0.25, 0.3) is 0 Å². The summed E-state index contributed by atoms with van der Waals surface area (Å²) in [6, 6.07) is 9.29. The fourth-order valence-electron chi connectivity index (χ4n) is 2.19. The number of nitrogens with one attached hydrogen (secondary N) is 1. The van der Waals surface area contributed by atoms with E-state index in [2.05, 4.69) is 5.32 Å². The Bertz CT molecular complexity index is 658. The van der Waals surface area contributed by atoms with Crippen LogP contribution in [0.4, 0.5) is 4.39 Å². The van der Waals surface area contributed by atoms with Gasteiger partial charge in [0.2, 0.25) is 5.91 Å². The van der Waals surface area contributed by atoms with Gasteiger partial charge in [-0.15, -0.1) is 11.3 Å². The number of hydrogen-bond acceptors (Lipinski definition) is 4. The smallest absolute Gasteiger partial charge is 0.304 e. The first-order chi connectivity index (χ1) is 11.5. The number of hydrogen-bond donors (Lipinski definition) is 2. The zero-order valence-corrected chi connectivity index (χ0v) is 13.7. The van der Waals surface area contributed by atoms with Crippen LogP contribution in [0.2, 0.25) is 0 Å². The molecule has 0 unspecified atom stereocenters. The highest BCUT2D eigenvalue weighted by atomic mass is 32.1. The van der Waals surface area contributed by atoms with Crippen molar-refractivity contribution < 1.29 is 23.8 Å². The van der Waals surface area contributed by atoms with E-state index < -0.39 is 5.97 Å². The van der Waals surface area contributed by atoms with E-state index in [0.29, 0.717) is 12.3 Å². The first-order valence-electron chi connectivity index (χ1n) is 7.45. The van der Waals surface area contributed by atoms with Gasteiger partial charge < -0.3 is 15.2 Å². The molecule has 1 aromatic carbocycles. The Morgan fingerprint density at radius 3 is 2.58 bits per heavy atom. The highest BCUT2D eigenvalue weighted by Crippen LogP contribution is 2.27. The lowest BCUT2D eigenvalue weighted by atomic mass is 9.99. The number of aliphatic carboxylic acids is 1. The fraction of sp³-hybridized carbons (Fsp3) is 0.294. The lowest BCUT2D eigenvalue weighted by Crippen LogP contribution is -2.29. The molecule has 2 N–H and O–H groups in total. The molecule has 1 heterocycles. The molecule has 0 bridgehead atoms. The summed E-state index contributed by atoms with van der Waals surface area (Å²) in [4.78, 5) is 23.8. The molecule has 0 spiro atoms. The summed E-state index contributed by atoms with van der Waals surface area (Å²) in [6.07, 6.45) is 0.0311. The number of amides is 1. The van der Waals surface area contributed by atoms with E-state index >= 15 is 0 Å². The maximum Gasteiger partial charge on any atom is 0.304 e. The number of benzene rings is 1. The predicted molar refractivity (Wildman–Crippen MR) is 88.8 cm³/mol. The van der Waals surface area contributed by atoms with E-state index in [0.717, 1.165) is 4.88 Å². The van der Waals surface area contributed by atoms with Gasteiger partial charge in [-0.25, -0.2) is 4.39 Å².